The molecule has 0 unspecified atom stereocenters. The zero-order valence-corrected chi connectivity index (χ0v) is 13.0. The van der Waals surface area contributed by atoms with Crippen molar-refractivity contribution in [1.82, 2.24) is 0 Å². The summed E-state index contributed by atoms with van der Waals surface area (Å²) in [6.07, 6.45) is 4.53. The van der Waals surface area contributed by atoms with Crippen molar-refractivity contribution in [2.45, 2.75) is 44.0 Å². The number of unbranched alkanes of at least 4 members (excludes halogenated alkanes) is 3. The molecule has 0 atom stereocenters. The summed E-state index contributed by atoms with van der Waals surface area (Å²) in [5, 5.41) is 0. The van der Waals surface area contributed by atoms with E-state index in [2.05, 4.69) is 6.92 Å². The minimum Gasteiger partial charge on any atom is -0.380 e. The summed E-state index contributed by atoms with van der Waals surface area (Å²) in [6, 6.07) is 6.72. The first-order valence-electron chi connectivity index (χ1n) is 7.19. The summed E-state index contributed by atoms with van der Waals surface area (Å²) in [6.45, 7) is 3.47. The monoisotopic (exact) mass is 299 g/mol. The zero-order chi connectivity index (χ0) is 14.8. The lowest BCUT2D eigenvalue weighted by Crippen LogP contribution is -2.13. The average molecular weight is 299 g/mol. The van der Waals surface area contributed by atoms with Crippen LogP contribution in [0, 0.1) is 0 Å². The third-order valence-corrected chi connectivity index (χ3v) is 4.85. The Labute approximate surface area is 122 Å². The summed E-state index contributed by atoms with van der Waals surface area (Å²) in [4.78, 5) is 0.337. The van der Waals surface area contributed by atoms with E-state index in [0.29, 0.717) is 18.0 Å². The van der Waals surface area contributed by atoms with Gasteiger partial charge < -0.3 is 10.5 Å². The van der Waals surface area contributed by atoms with Crippen LogP contribution < -0.4 is 5.73 Å². The lowest BCUT2D eigenvalue weighted by atomic mass is 10.2. The fourth-order valence-electron chi connectivity index (χ4n) is 1.85. The van der Waals surface area contributed by atoms with Gasteiger partial charge in [0.05, 0.1) is 17.3 Å². The highest BCUT2D eigenvalue weighted by Gasteiger charge is 2.13. The molecule has 0 radical (unpaired) electrons. The maximum Gasteiger partial charge on any atom is 0.180 e. The molecular weight excluding hydrogens is 274 g/mol. The summed E-state index contributed by atoms with van der Waals surface area (Å²) in [5.74, 6) is 0.0305. The number of hydrogen-bond donors (Lipinski definition) is 1. The van der Waals surface area contributed by atoms with E-state index in [1.165, 1.54) is 12.8 Å². The van der Waals surface area contributed by atoms with Crippen LogP contribution in [0.3, 0.4) is 0 Å². The van der Waals surface area contributed by atoms with E-state index in [-0.39, 0.29) is 12.4 Å². The van der Waals surface area contributed by atoms with Gasteiger partial charge in [0.25, 0.3) is 0 Å². The summed E-state index contributed by atoms with van der Waals surface area (Å²) < 4.78 is 29.5. The largest absolute Gasteiger partial charge is 0.380 e. The third kappa shape index (κ3) is 6.03. The smallest absolute Gasteiger partial charge is 0.180 e. The van der Waals surface area contributed by atoms with Gasteiger partial charge in [0.15, 0.2) is 9.84 Å². The Bertz CT molecular complexity index is 468. The maximum atomic E-state index is 12.1. The molecule has 0 fully saturated rings. The standard InChI is InChI=1S/C15H25NO3S/c1-2-3-4-5-10-19-11-12-20(17,18)15-8-6-14(13-16)7-9-15/h6-9H,2-5,10-13,16H2,1H3. The Kier molecular flexibility index (Phi) is 7.80. The first-order chi connectivity index (χ1) is 9.60. The summed E-state index contributed by atoms with van der Waals surface area (Å²) in [5.41, 5.74) is 6.41. The van der Waals surface area contributed by atoms with Crippen LogP contribution >= 0.6 is 0 Å². The van der Waals surface area contributed by atoms with Crippen molar-refractivity contribution in [2.75, 3.05) is 19.0 Å². The third-order valence-electron chi connectivity index (χ3n) is 3.16. The molecule has 0 spiro atoms. The highest BCUT2D eigenvalue weighted by Crippen LogP contribution is 2.12. The van der Waals surface area contributed by atoms with E-state index in [1.54, 1.807) is 24.3 Å². The van der Waals surface area contributed by atoms with Crippen LogP contribution in [0.25, 0.3) is 0 Å². The van der Waals surface area contributed by atoms with Crippen LogP contribution in [0.15, 0.2) is 29.2 Å². The van der Waals surface area contributed by atoms with Gasteiger partial charge in [-0.05, 0) is 24.1 Å². The van der Waals surface area contributed by atoms with E-state index in [0.717, 1.165) is 18.4 Å². The molecule has 5 heteroatoms. The van der Waals surface area contributed by atoms with Crippen molar-refractivity contribution in [3.05, 3.63) is 29.8 Å². The number of benzene rings is 1. The molecule has 0 saturated carbocycles. The van der Waals surface area contributed by atoms with Gasteiger partial charge in [0, 0.05) is 13.2 Å². The minimum absolute atomic E-state index is 0.0305. The average Bonchev–Trinajstić information content (AvgIpc) is 2.46. The lowest BCUT2D eigenvalue weighted by molar-refractivity contribution is 0.144. The molecule has 4 nitrogen and oxygen atoms in total. The molecule has 1 aromatic rings. The summed E-state index contributed by atoms with van der Waals surface area (Å²) in [7, 11) is -3.25. The van der Waals surface area contributed by atoms with Gasteiger partial charge in [-0.3, -0.25) is 0 Å². The van der Waals surface area contributed by atoms with Gasteiger partial charge in [-0.15, -0.1) is 0 Å². The van der Waals surface area contributed by atoms with Gasteiger partial charge in [0.1, 0.15) is 0 Å². The molecular formula is C15H25NO3S. The molecule has 2 N–H and O–H groups in total. The molecule has 0 bridgehead atoms. The van der Waals surface area contributed by atoms with Gasteiger partial charge >= 0.3 is 0 Å². The number of sulfone groups is 1. The second kappa shape index (κ2) is 9.10. The highest BCUT2D eigenvalue weighted by molar-refractivity contribution is 7.91. The molecule has 0 aromatic heterocycles. The number of nitrogens with two attached hydrogens (primary N) is 1. The van der Waals surface area contributed by atoms with E-state index < -0.39 is 9.84 Å². The number of rotatable bonds is 10. The molecule has 0 aliphatic carbocycles. The molecule has 0 saturated heterocycles. The van der Waals surface area contributed by atoms with Gasteiger partial charge in [-0.1, -0.05) is 38.3 Å². The Hall–Kier alpha value is -0.910. The second-order valence-electron chi connectivity index (χ2n) is 4.84. The second-order valence-corrected chi connectivity index (χ2v) is 6.95. The quantitative estimate of drug-likeness (QED) is 0.674. The van der Waals surface area contributed by atoms with Crippen molar-refractivity contribution in [1.29, 1.82) is 0 Å². The Balaban J connectivity index is 2.33. The fraction of sp³-hybridized carbons (Fsp3) is 0.600. The fourth-order valence-corrected chi connectivity index (χ4v) is 2.98. The highest BCUT2D eigenvalue weighted by atomic mass is 32.2. The van der Waals surface area contributed by atoms with Crippen LogP contribution in [-0.2, 0) is 21.1 Å². The van der Waals surface area contributed by atoms with E-state index in [1.807, 2.05) is 0 Å². The Morgan fingerprint density at radius 3 is 2.35 bits per heavy atom. The molecule has 0 aliphatic heterocycles. The van der Waals surface area contributed by atoms with Crippen molar-refractivity contribution >= 4 is 9.84 Å². The van der Waals surface area contributed by atoms with E-state index in [4.69, 9.17) is 10.5 Å². The molecule has 0 heterocycles. The lowest BCUT2D eigenvalue weighted by Gasteiger charge is -2.06. The van der Waals surface area contributed by atoms with Gasteiger partial charge in [-0.25, -0.2) is 8.42 Å². The topological polar surface area (TPSA) is 69.4 Å². The SMILES string of the molecule is CCCCCCOCCS(=O)(=O)c1ccc(CN)cc1. The normalized spacial score (nSPS) is 11.7. The molecule has 114 valence electrons. The molecule has 1 rings (SSSR count). The maximum absolute atomic E-state index is 12.1. The van der Waals surface area contributed by atoms with Gasteiger partial charge in [0.2, 0.25) is 0 Å². The first-order valence-corrected chi connectivity index (χ1v) is 8.85. The molecule has 20 heavy (non-hydrogen) atoms. The van der Waals surface area contributed by atoms with Crippen LogP contribution in [0.2, 0.25) is 0 Å². The molecule has 0 aliphatic rings. The van der Waals surface area contributed by atoms with Crippen LogP contribution in [0.4, 0.5) is 0 Å². The minimum atomic E-state index is -3.25. The van der Waals surface area contributed by atoms with Crippen LogP contribution in [0.5, 0.6) is 0 Å². The zero-order valence-electron chi connectivity index (χ0n) is 12.2. The Morgan fingerprint density at radius 2 is 1.75 bits per heavy atom. The molecule has 0 amide bonds. The number of hydrogen-bond acceptors (Lipinski definition) is 4. The number of ether oxygens (including phenoxy) is 1. The Morgan fingerprint density at radius 1 is 1.05 bits per heavy atom. The van der Waals surface area contributed by atoms with Crippen molar-refractivity contribution in [3.8, 4) is 0 Å². The predicted octanol–water partition coefficient (Wildman–Crippen LogP) is 2.52. The van der Waals surface area contributed by atoms with E-state index in [9.17, 15) is 8.42 Å². The first kappa shape index (κ1) is 17.1. The van der Waals surface area contributed by atoms with Crippen molar-refractivity contribution in [3.63, 3.8) is 0 Å². The van der Waals surface area contributed by atoms with Gasteiger partial charge in [-0.2, -0.15) is 0 Å². The van der Waals surface area contributed by atoms with Crippen LogP contribution in [0.1, 0.15) is 38.2 Å². The van der Waals surface area contributed by atoms with E-state index >= 15 is 0 Å². The van der Waals surface area contributed by atoms with Crippen molar-refractivity contribution < 1.29 is 13.2 Å². The predicted molar refractivity (Wildman–Crippen MR) is 81.3 cm³/mol. The summed E-state index contributed by atoms with van der Waals surface area (Å²) >= 11 is 0. The molecule has 1 aromatic carbocycles. The van der Waals surface area contributed by atoms with Crippen LogP contribution in [-0.4, -0.2) is 27.4 Å². The van der Waals surface area contributed by atoms with Crippen molar-refractivity contribution in [2.24, 2.45) is 5.73 Å².